The minimum atomic E-state index is -0.934. The van der Waals surface area contributed by atoms with Gasteiger partial charge in [-0.3, -0.25) is 4.79 Å². The summed E-state index contributed by atoms with van der Waals surface area (Å²) in [5, 5.41) is 6.85. The maximum Gasteiger partial charge on any atom is 0.380 e. The van der Waals surface area contributed by atoms with E-state index in [1.165, 1.54) is 11.3 Å². The highest BCUT2D eigenvalue weighted by Crippen LogP contribution is 2.24. The minimum Gasteiger partial charge on any atom is -0.462 e. The van der Waals surface area contributed by atoms with Gasteiger partial charge in [0.25, 0.3) is 5.78 Å². The summed E-state index contributed by atoms with van der Waals surface area (Å²) < 4.78 is 12.1. The van der Waals surface area contributed by atoms with Crippen LogP contribution in [-0.2, 0) is 16.1 Å². The van der Waals surface area contributed by atoms with Gasteiger partial charge >= 0.3 is 5.97 Å². The number of carbonyl (C=O) groups is 2. The highest BCUT2D eigenvalue weighted by Gasteiger charge is 2.26. The fourth-order valence-corrected chi connectivity index (χ4v) is 3.76. The van der Waals surface area contributed by atoms with Crippen molar-refractivity contribution in [3.8, 4) is 16.5 Å². The molecule has 8 heteroatoms. The predicted molar refractivity (Wildman–Crippen MR) is 107 cm³/mol. The molecule has 0 N–H and O–H groups in total. The van der Waals surface area contributed by atoms with Gasteiger partial charge in [0, 0.05) is 5.38 Å². The van der Waals surface area contributed by atoms with E-state index in [4.69, 9.17) is 9.15 Å². The van der Waals surface area contributed by atoms with Crippen molar-refractivity contribution in [1.82, 2.24) is 14.8 Å². The number of furan rings is 1. The second-order valence-corrected chi connectivity index (χ2v) is 7.18. The summed E-state index contributed by atoms with van der Waals surface area (Å²) in [6, 6.07) is 13.0. The molecule has 0 saturated carbocycles. The van der Waals surface area contributed by atoms with Crippen LogP contribution < -0.4 is 0 Å². The highest BCUT2D eigenvalue weighted by molar-refractivity contribution is 7.13. The Morgan fingerprint density at radius 2 is 1.93 bits per heavy atom. The van der Waals surface area contributed by atoms with Gasteiger partial charge in [-0.05, 0) is 38.1 Å². The zero-order valence-corrected chi connectivity index (χ0v) is 16.6. The number of Topliss-reactive ketones (excluding diaryl/α,β-unsaturated/α-hetero) is 1. The maximum atomic E-state index is 12.7. The van der Waals surface area contributed by atoms with Crippen LogP contribution in [0.1, 0.15) is 27.4 Å². The number of hydrogen-bond donors (Lipinski definition) is 0. The van der Waals surface area contributed by atoms with Crippen LogP contribution in [-0.4, -0.2) is 26.5 Å². The summed E-state index contributed by atoms with van der Waals surface area (Å²) in [6.07, 6.45) is 1.56. The number of hydrogen-bond acceptors (Lipinski definition) is 7. The van der Waals surface area contributed by atoms with Crippen LogP contribution in [0.4, 0.5) is 0 Å². The van der Waals surface area contributed by atoms with Crippen molar-refractivity contribution in [2.45, 2.75) is 20.5 Å². The summed E-state index contributed by atoms with van der Waals surface area (Å²) in [5.74, 6) is -1.01. The summed E-state index contributed by atoms with van der Waals surface area (Å²) in [4.78, 5) is 29.4. The molecule has 146 valence electrons. The normalized spacial score (nSPS) is 10.8. The van der Waals surface area contributed by atoms with Gasteiger partial charge < -0.3 is 9.15 Å². The Kier molecular flexibility index (Phi) is 5.09. The van der Waals surface area contributed by atoms with E-state index >= 15 is 0 Å². The number of ether oxygens (including phenoxy) is 1. The molecule has 0 fully saturated rings. The second kappa shape index (κ2) is 7.84. The number of esters is 1. The average molecular weight is 407 g/mol. The topological polar surface area (TPSA) is 87.2 Å². The molecule has 1 aromatic carbocycles. The van der Waals surface area contributed by atoms with Crippen molar-refractivity contribution in [3.63, 3.8) is 0 Å². The third kappa shape index (κ3) is 3.74. The van der Waals surface area contributed by atoms with Crippen molar-refractivity contribution >= 4 is 23.1 Å². The number of thiazole rings is 1. The summed E-state index contributed by atoms with van der Waals surface area (Å²) in [6.45, 7) is 3.36. The smallest absolute Gasteiger partial charge is 0.380 e. The summed E-state index contributed by atoms with van der Waals surface area (Å²) in [7, 11) is 0. The lowest BCUT2D eigenvalue weighted by Crippen LogP contribution is -2.19. The predicted octanol–water partition coefficient (Wildman–Crippen LogP) is 4.13. The summed E-state index contributed by atoms with van der Waals surface area (Å²) >= 11 is 1.38. The molecule has 0 saturated heterocycles. The van der Waals surface area contributed by atoms with E-state index in [2.05, 4.69) is 10.1 Å². The van der Waals surface area contributed by atoms with E-state index in [1.54, 1.807) is 42.3 Å². The lowest BCUT2D eigenvalue weighted by molar-refractivity contribution is -0.139. The molecule has 0 aliphatic heterocycles. The van der Waals surface area contributed by atoms with Crippen LogP contribution in [0.25, 0.3) is 16.5 Å². The fourth-order valence-electron chi connectivity index (χ4n) is 2.99. The standard InChI is InChI=1S/C21H17N3O4S/c1-13-18(14(2)24(23-13)16-7-4-3-5-8-16)19(25)21(26)28-11-15-12-29-20(22-15)17-9-6-10-27-17/h3-10,12H,11H2,1-2H3. The van der Waals surface area contributed by atoms with Gasteiger partial charge in [0.2, 0.25) is 0 Å². The molecular weight excluding hydrogens is 390 g/mol. The van der Waals surface area contributed by atoms with E-state index in [9.17, 15) is 9.59 Å². The first kappa shape index (κ1) is 18.8. The molecule has 0 aliphatic rings. The zero-order chi connectivity index (χ0) is 20.4. The number of rotatable bonds is 6. The van der Waals surface area contributed by atoms with Gasteiger partial charge in [-0.2, -0.15) is 5.10 Å². The first-order valence-corrected chi connectivity index (χ1v) is 9.74. The van der Waals surface area contributed by atoms with Gasteiger partial charge in [-0.15, -0.1) is 11.3 Å². The third-order valence-electron chi connectivity index (χ3n) is 4.34. The lowest BCUT2D eigenvalue weighted by atomic mass is 10.1. The van der Waals surface area contributed by atoms with Gasteiger partial charge in [-0.1, -0.05) is 18.2 Å². The number of para-hydroxylation sites is 1. The van der Waals surface area contributed by atoms with Crippen LogP contribution in [0.2, 0.25) is 0 Å². The Bertz CT molecular complexity index is 1160. The Morgan fingerprint density at radius 3 is 2.66 bits per heavy atom. The monoisotopic (exact) mass is 407 g/mol. The Hall–Kier alpha value is -3.52. The molecule has 0 radical (unpaired) electrons. The molecule has 4 rings (SSSR count). The van der Waals surface area contributed by atoms with Crippen LogP contribution >= 0.6 is 11.3 Å². The number of aryl methyl sites for hydroxylation is 1. The number of carbonyl (C=O) groups excluding carboxylic acids is 2. The van der Waals surface area contributed by atoms with Gasteiger partial charge in [0.15, 0.2) is 10.8 Å². The second-order valence-electron chi connectivity index (χ2n) is 6.32. The molecule has 0 unspecified atom stereocenters. The van der Waals surface area contributed by atoms with Gasteiger partial charge in [-0.25, -0.2) is 14.5 Å². The number of nitrogens with zero attached hydrogens (tertiary/aromatic N) is 3. The van der Waals surface area contributed by atoms with Crippen molar-refractivity contribution in [1.29, 1.82) is 0 Å². The van der Waals surface area contributed by atoms with Crippen molar-refractivity contribution in [3.05, 3.63) is 76.8 Å². The SMILES string of the molecule is Cc1nn(-c2ccccc2)c(C)c1C(=O)C(=O)OCc1csc(-c2ccco2)n1. The molecule has 7 nitrogen and oxygen atoms in total. The molecule has 3 aromatic heterocycles. The van der Waals surface area contributed by atoms with Gasteiger partial charge in [0.05, 0.1) is 34.6 Å². The Labute approximate surface area is 170 Å². The summed E-state index contributed by atoms with van der Waals surface area (Å²) in [5.41, 5.74) is 2.68. The van der Waals surface area contributed by atoms with E-state index in [0.717, 1.165) is 5.69 Å². The fraction of sp³-hybridized carbons (Fsp3) is 0.143. The minimum absolute atomic E-state index is 0.0906. The molecule has 3 heterocycles. The molecular formula is C21H17N3O4S. The molecule has 0 atom stereocenters. The lowest BCUT2D eigenvalue weighted by Gasteiger charge is -2.05. The van der Waals surface area contributed by atoms with Gasteiger partial charge in [0.1, 0.15) is 6.61 Å². The zero-order valence-electron chi connectivity index (χ0n) is 15.8. The van der Waals surface area contributed by atoms with Crippen molar-refractivity contribution < 1.29 is 18.7 Å². The Morgan fingerprint density at radius 1 is 1.14 bits per heavy atom. The average Bonchev–Trinajstić information content (AvgIpc) is 3.47. The molecule has 0 amide bonds. The van der Waals surface area contributed by atoms with Crippen LogP contribution in [0.3, 0.4) is 0 Å². The number of aromatic nitrogens is 3. The molecule has 29 heavy (non-hydrogen) atoms. The van der Waals surface area contributed by atoms with E-state index < -0.39 is 11.8 Å². The first-order chi connectivity index (χ1) is 14.0. The van der Waals surface area contributed by atoms with E-state index in [1.807, 2.05) is 30.3 Å². The highest BCUT2D eigenvalue weighted by atomic mass is 32.1. The molecule has 0 spiro atoms. The molecule has 0 bridgehead atoms. The number of benzene rings is 1. The third-order valence-corrected chi connectivity index (χ3v) is 5.25. The molecule has 4 aromatic rings. The number of ketones is 1. The molecule has 0 aliphatic carbocycles. The van der Waals surface area contributed by atoms with E-state index in [0.29, 0.717) is 27.8 Å². The maximum absolute atomic E-state index is 12.7. The van der Waals surface area contributed by atoms with Crippen LogP contribution in [0.15, 0.2) is 58.5 Å². The van der Waals surface area contributed by atoms with Crippen molar-refractivity contribution in [2.75, 3.05) is 0 Å². The quantitative estimate of drug-likeness (QED) is 0.271. The van der Waals surface area contributed by atoms with Crippen LogP contribution in [0, 0.1) is 13.8 Å². The first-order valence-electron chi connectivity index (χ1n) is 8.86. The Balaban J connectivity index is 1.47. The van der Waals surface area contributed by atoms with Crippen LogP contribution in [0.5, 0.6) is 0 Å². The van der Waals surface area contributed by atoms with Crippen molar-refractivity contribution in [2.24, 2.45) is 0 Å². The van der Waals surface area contributed by atoms with E-state index in [-0.39, 0.29) is 12.2 Å². The largest absolute Gasteiger partial charge is 0.462 e.